The molecule has 1 aliphatic carbocycles. The molecule has 3 rings (SSSR count). The van der Waals surface area contributed by atoms with Gasteiger partial charge in [-0.05, 0) is 72.2 Å². The van der Waals surface area contributed by atoms with Crippen molar-refractivity contribution >= 4 is 23.4 Å². The van der Waals surface area contributed by atoms with Gasteiger partial charge in [0.05, 0.1) is 0 Å². The summed E-state index contributed by atoms with van der Waals surface area (Å²) in [5, 5.41) is 1.02. The lowest BCUT2D eigenvalue weighted by Gasteiger charge is -2.14. The van der Waals surface area contributed by atoms with E-state index in [4.69, 9.17) is 11.6 Å². The van der Waals surface area contributed by atoms with Crippen molar-refractivity contribution in [1.29, 1.82) is 0 Å². The Labute approximate surface area is 143 Å². The summed E-state index contributed by atoms with van der Waals surface area (Å²) in [6.07, 6.45) is 9.06. The molecule has 0 atom stereocenters. The fourth-order valence-electron chi connectivity index (χ4n) is 3.40. The van der Waals surface area contributed by atoms with E-state index in [-0.39, 0.29) is 0 Å². The highest BCUT2D eigenvalue weighted by Gasteiger charge is 2.20. The highest BCUT2D eigenvalue weighted by Crippen LogP contribution is 2.38. The van der Waals surface area contributed by atoms with E-state index in [1.165, 1.54) is 52.0 Å². The van der Waals surface area contributed by atoms with Crippen molar-refractivity contribution in [3.63, 3.8) is 0 Å². The monoisotopic (exact) mass is 330 g/mol. The molecular weight excluding hydrogens is 308 g/mol. The maximum atomic E-state index is 6.70. The molecule has 0 saturated heterocycles. The van der Waals surface area contributed by atoms with E-state index in [0.717, 1.165) is 24.3 Å². The van der Waals surface area contributed by atoms with E-state index in [1.807, 2.05) is 11.8 Å². The quantitative estimate of drug-likeness (QED) is 0.597. The zero-order valence-corrected chi connectivity index (χ0v) is 15.0. The van der Waals surface area contributed by atoms with Crippen LogP contribution in [-0.4, -0.2) is 6.26 Å². The Kier molecular flexibility index (Phi) is 5.15. The molecule has 0 fully saturated rings. The molecule has 0 aliphatic heterocycles. The summed E-state index contributed by atoms with van der Waals surface area (Å²) in [4.78, 5) is 1.43. The molecule has 1 aliphatic rings. The topological polar surface area (TPSA) is 0 Å². The van der Waals surface area contributed by atoms with Gasteiger partial charge in [0.2, 0.25) is 0 Å². The predicted octanol–water partition coefficient (Wildman–Crippen LogP) is 6.09. The Morgan fingerprint density at radius 3 is 2.41 bits per heavy atom. The maximum Gasteiger partial charge on any atom is 0.0476 e. The molecule has 0 nitrogen and oxygen atoms in total. The number of aryl methyl sites for hydroxylation is 1. The van der Waals surface area contributed by atoms with Crippen molar-refractivity contribution < 1.29 is 0 Å². The SMILES string of the molecule is CCCc1ccc(Cc2cc(SC)c3c(c2Cl)CCC3)cc1. The Morgan fingerprint density at radius 2 is 1.73 bits per heavy atom. The Morgan fingerprint density at radius 1 is 1.05 bits per heavy atom. The van der Waals surface area contributed by atoms with E-state index in [9.17, 15) is 0 Å². The number of hydrogen-bond acceptors (Lipinski definition) is 1. The fraction of sp³-hybridized carbons (Fsp3) is 0.400. The average molecular weight is 331 g/mol. The largest absolute Gasteiger partial charge is 0.129 e. The first-order valence-corrected chi connectivity index (χ1v) is 9.78. The van der Waals surface area contributed by atoms with Crippen molar-refractivity contribution in [2.24, 2.45) is 0 Å². The summed E-state index contributed by atoms with van der Waals surface area (Å²) in [6, 6.07) is 11.4. The van der Waals surface area contributed by atoms with Crippen molar-refractivity contribution in [1.82, 2.24) is 0 Å². The third-order valence-electron chi connectivity index (χ3n) is 4.54. The fourth-order valence-corrected chi connectivity index (χ4v) is 4.47. The van der Waals surface area contributed by atoms with Gasteiger partial charge in [-0.2, -0.15) is 0 Å². The third kappa shape index (κ3) is 3.21. The molecule has 0 bridgehead atoms. The Balaban J connectivity index is 1.89. The summed E-state index contributed by atoms with van der Waals surface area (Å²) in [6.45, 7) is 2.22. The molecule has 0 spiro atoms. The predicted molar refractivity (Wildman–Crippen MR) is 98.5 cm³/mol. The summed E-state index contributed by atoms with van der Waals surface area (Å²) in [5.74, 6) is 0. The second-order valence-corrected chi connectivity index (χ2v) is 7.33. The minimum Gasteiger partial charge on any atom is -0.129 e. The smallest absolute Gasteiger partial charge is 0.0476 e. The van der Waals surface area contributed by atoms with Crippen molar-refractivity contribution in [3.05, 3.63) is 63.2 Å². The van der Waals surface area contributed by atoms with Crippen LogP contribution in [0.15, 0.2) is 35.2 Å². The molecule has 0 N–H and O–H groups in total. The Bertz CT molecular complexity index is 658. The van der Waals surface area contributed by atoms with Crippen LogP contribution in [0.25, 0.3) is 0 Å². The van der Waals surface area contributed by atoms with E-state index in [1.54, 1.807) is 0 Å². The van der Waals surface area contributed by atoms with E-state index in [2.05, 4.69) is 43.5 Å². The van der Waals surface area contributed by atoms with Crippen LogP contribution in [0.2, 0.25) is 5.02 Å². The van der Waals surface area contributed by atoms with Crippen LogP contribution >= 0.6 is 23.4 Å². The number of thioether (sulfide) groups is 1. The molecule has 2 aromatic carbocycles. The second kappa shape index (κ2) is 7.10. The summed E-state index contributed by atoms with van der Waals surface area (Å²) in [7, 11) is 0. The molecule has 22 heavy (non-hydrogen) atoms. The zero-order chi connectivity index (χ0) is 15.5. The number of rotatable bonds is 5. The van der Waals surface area contributed by atoms with Gasteiger partial charge in [-0.1, -0.05) is 49.2 Å². The first-order valence-electron chi connectivity index (χ1n) is 8.17. The van der Waals surface area contributed by atoms with Crippen LogP contribution in [0.3, 0.4) is 0 Å². The minimum atomic E-state index is 0.937. The van der Waals surface area contributed by atoms with Crippen LogP contribution in [0.1, 0.15) is 47.6 Å². The van der Waals surface area contributed by atoms with Gasteiger partial charge in [-0.25, -0.2) is 0 Å². The Hall–Kier alpha value is -0.920. The van der Waals surface area contributed by atoms with Crippen molar-refractivity contribution in [3.8, 4) is 0 Å². The molecule has 0 unspecified atom stereocenters. The molecule has 116 valence electrons. The highest BCUT2D eigenvalue weighted by atomic mass is 35.5. The summed E-state index contributed by atoms with van der Waals surface area (Å²) in [5.41, 5.74) is 6.98. The van der Waals surface area contributed by atoms with Gasteiger partial charge in [0, 0.05) is 9.92 Å². The minimum absolute atomic E-state index is 0.937. The third-order valence-corrected chi connectivity index (χ3v) is 5.82. The van der Waals surface area contributed by atoms with Crippen molar-refractivity contribution in [2.75, 3.05) is 6.26 Å². The normalized spacial score (nSPS) is 13.4. The lowest BCUT2D eigenvalue weighted by molar-refractivity contribution is 0.906. The number of halogens is 1. The first kappa shape index (κ1) is 16.0. The lowest BCUT2D eigenvalue weighted by atomic mass is 9.99. The van der Waals surface area contributed by atoms with Gasteiger partial charge < -0.3 is 0 Å². The van der Waals surface area contributed by atoms with Crippen molar-refractivity contribution in [2.45, 2.75) is 50.3 Å². The zero-order valence-electron chi connectivity index (χ0n) is 13.4. The highest BCUT2D eigenvalue weighted by molar-refractivity contribution is 7.98. The second-order valence-electron chi connectivity index (χ2n) is 6.11. The van der Waals surface area contributed by atoms with E-state index >= 15 is 0 Å². The van der Waals surface area contributed by atoms with Gasteiger partial charge >= 0.3 is 0 Å². The molecule has 2 aromatic rings. The number of fused-ring (bicyclic) bond motifs is 1. The standard InChI is InChI=1S/C20H23ClS/c1-3-5-14-8-10-15(11-9-14)12-16-13-19(22-2)17-6-4-7-18(17)20(16)21/h8-11,13H,3-7,12H2,1-2H3. The molecular formula is C20H23ClS. The van der Waals surface area contributed by atoms with Crippen LogP contribution in [0, 0.1) is 0 Å². The molecule has 0 heterocycles. The van der Waals surface area contributed by atoms with E-state index < -0.39 is 0 Å². The summed E-state index contributed by atoms with van der Waals surface area (Å²) >= 11 is 8.56. The molecule has 0 aromatic heterocycles. The average Bonchev–Trinajstić information content (AvgIpc) is 3.02. The molecule has 2 heteroatoms. The van der Waals surface area contributed by atoms with Gasteiger partial charge in [-0.15, -0.1) is 11.8 Å². The van der Waals surface area contributed by atoms with Crippen LogP contribution in [-0.2, 0) is 25.7 Å². The number of hydrogen-bond donors (Lipinski definition) is 0. The van der Waals surface area contributed by atoms with Crippen LogP contribution in [0.4, 0.5) is 0 Å². The van der Waals surface area contributed by atoms with Gasteiger partial charge in [0.25, 0.3) is 0 Å². The van der Waals surface area contributed by atoms with Gasteiger partial charge in [0.15, 0.2) is 0 Å². The van der Waals surface area contributed by atoms with Crippen LogP contribution in [0.5, 0.6) is 0 Å². The summed E-state index contributed by atoms with van der Waals surface area (Å²) < 4.78 is 0. The number of benzene rings is 2. The van der Waals surface area contributed by atoms with Gasteiger partial charge in [0.1, 0.15) is 0 Å². The van der Waals surface area contributed by atoms with E-state index in [0.29, 0.717) is 0 Å². The molecule has 0 radical (unpaired) electrons. The van der Waals surface area contributed by atoms with Crippen LogP contribution < -0.4 is 0 Å². The molecule has 0 saturated carbocycles. The first-order chi connectivity index (χ1) is 10.7. The maximum absolute atomic E-state index is 6.70. The van der Waals surface area contributed by atoms with Gasteiger partial charge in [-0.3, -0.25) is 0 Å². The lowest BCUT2D eigenvalue weighted by Crippen LogP contribution is -1.97. The molecule has 0 amide bonds.